The number of nitrogens with zero attached hydrogens (tertiary/aromatic N) is 2. The zero-order valence-electron chi connectivity index (χ0n) is 6.57. The summed E-state index contributed by atoms with van der Waals surface area (Å²) in [6.07, 6.45) is 6.48. The summed E-state index contributed by atoms with van der Waals surface area (Å²) in [4.78, 5) is 4.12. The predicted molar refractivity (Wildman–Crippen MR) is 47.9 cm³/mol. The summed E-state index contributed by atoms with van der Waals surface area (Å²) in [5.41, 5.74) is 1.35. The van der Waals surface area contributed by atoms with Crippen molar-refractivity contribution in [3.8, 4) is 0 Å². The van der Waals surface area contributed by atoms with E-state index in [4.69, 9.17) is 0 Å². The highest BCUT2D eigenvalue weighted by atomic mass is 32.1. The molecule has 1 heterocycles. The zero-order valence-corrected chi connectivity index (χ0v) is 7.46. The van der Waals surface area contributed by atoms with Crippen LogP contribution in [0.1, 0.15) is 36.8 Å². The van der Waals surface area contributed by atoms with E-state index in [-0.39, 0.29) is 5.37 Å². The quantitative estimate of drug-likeness (QED) is 0.670. The van der Waals surface area contributed by atoms with Crippen LogP contribution in [-0.4, -0.2) is 9.55 Å². The molecule has 0 N–H and O–H groups in total. The first-order valence-electron chi connectivity index (χ1n) is 3.99. The lowest BCUT2D eigenvalue weighted by molar-refractivity contribution is 0.699. The molecule has 1 aromatic rings. The molecule has 0 aromatic carbocycles. The maximum atomic E-state index is 4.37. The Hall–Kier alpha value is -0.440. The second-order valence-corrected chi connectivity index (χ2v) is 3.88. The van der Waals surface area contributed by atoms with Crippen LogP contribution in [0.4, 0.5) is 0 Å². The third kappa shape index (κ3) is 1.29. The molecule has 1 saturated carbocycles. The Morgan fingerprint density at radius 2 is 2.45 bits per heavy atom. The van der Waals surface area contributed by atoms with Gasteiger partial charge in [-0.1, -0.05) is 0 Å². The minimum atomic E-state index is 0.258. The van der Waals surface area contributed by atoms with Gasteiger partial charge in [-0.05, 0) is 19.8 Å². The van der Waals surface area contributed by atoms with E-state index in [9.17, 15) is 0 Å². The highest BCUT2D eigenvalue weighted by Gasteiger charge is 2.27. The second kappa shape index (κ2) is 2.55. The molecule has 0 aliphatic heterocycles. The van der Waals surface area contributed by atoms with Gasteiger partial charge in [-0.2, -0.15) is 12.6 Å². The molecule has 1 fully saturated rings. The molecule has 2 nitrogen and oxygen atoms in total. The maximum Gasteiger partial charge on any atom is 0.0957 e. The monoisotopic (exact) mass is 168 g/mol. The van der Waals surface area contributed by atoms with Gasteiger partial charge in [0.2, 0.25) is 0 Å². The van der Waals surface area contributed by atoms with Gasteiger partial charge in [0, 0.05) is 17.8 Å². The lowest BCUT2D eigenvalue weighted by Crippen LogP contribution is -2.00. The van der Waals surface area contributed by atoms with Gasteiger partial charge < -0.3 is 4.57 Å². The maximum absolute atomic E-state index is 4.37. The molecule has 2 rings (SSSR count). The van der Waals surface area contributed by atoms with E-state index in [1.165, 1.54) is 18.5 Å². The number of thiol groups is 1. The van der Waals surface area contributed by atoms with Crippen molar-refractivity contribution in [3.05, 3.63) is 18.2 Å². The summed E-state index contributed by atoms with van der Waals surface area (Å²) in [6, 6.07) is 0. The molecule has 0 saturated heterocycles. The third-order valence-electron chi connectivity index (χ3n) is 2.09. The summed E-state index contributed by atoms with van der Waals surface area (Å²) in [7, 11) is 0. The summed E-state index contributed by atoms with van der Waals surface area (Å²) in [6.45, 7) is 2.07. The topological polar surface area (TPSA) is 17.8 Å². The van der Waals surface area contributed by atoms with Crippen LogP contribution < -0.4 is 0 Å². The Morgan fingerprint density at radius 3 is 3.00 bits per heavy atom. The summed E-state index contributed by atoms with van der Waals surface area (Å²) in [5.74, 6) is 0.770. The highest BCUT2D eigenvalue weighted by Crippen LogP contribution is 2.40. The van der Waals surface area contributed by atoms with E-state index in [1.54, 1.807) is 0 Å². The molecule has 0 radical (unpaired) electrons. The summed E-state index contributed by atoms with van der Waals surface area (Å²) >= 11 is 4.37. The molecule has 1 unspecified atom stereocenters. The molecule has 1 atom stereocenters. The molecule has 0 spiro atoms. The van der Waals surface area contributed by atoms with Crippen molar-refractivity contribution in [1.82, 2.24) is 9.55 Å². The van der Waals surface area contributed by atoms with Crippen LogP contribution >= 0.6 is 12.6 Å². The minimum Gasteiger partial charge on any atom is -0.322 e. The standard InChI is InChI=1S/C8H12N2S/c1-6(11)10-5-9-4-8(10)7-2-3-7/h4-7,11H,2-3H2,1H3. The van der Waals surface area contributed by atoms with Crippen LogP contribution in [0.25, 0.3) is 0 Å². The molecule has 1 aliphatic carbocycles. The molecular weight excluding hydrogens is 156 g/mol. The number of rotatable bonds is 2. The van der Waals surface area contributed by atoms with E-state index < -0.39 is 0 Å². The molecule has 0 amide bonds. The average molecular weight is 168 g/mol. The van der Waals surface area contributed by atoms with Gasteiger partial charge in [0.1, 0.15) is 0 Å². The lowest BCUT2D eigenvalue weighted by Gasteiger charge is -2.09. The fraction of sp³-hybridized carbons (Fsp3) is 0.625. The van der Waals surface area contributed by atoms with Crippen LogP contribution in [-0.2, 0) is 0 Å². The minimum absolute atomic E-state index is 0.258. The van der Waals surface area contributed by atoms with Crippen molar-refractivity contribution in [2.24, 2.45) is 0 Å². The fourth-order valence-electron chi connectivity index (χ4n) is 1.32. The predicted octanol–water partition coefficient (Wildman–Crippen LogP) is 2.21. The van der Waals surface area contributed by atoms with Crippen molar-refractivity contribution < 1.29 is 0 Å². The molecular formula is C8H12N2S. The number of hydrogen-bond donors (Lipinski definition) is 1. The Labute approximate surface area is 72.0 Å². The largest absolute Gasteiger partial charge is 0.322 e. The number of imidazole rings is 1. The van der Waals surface area contributed by atoms with Gasteiger partial charge in [-0.15, -0.1) is 0 Å². The number of aromatic nitrogens is 2. The van der Waals surface area contributed by atoms with Crippen LogP contribution in [0.15, 0.2) is 12.5 Å². The highest BCUT2D eigenvalue weighted by molar-refractivity contribution is 7.80. The normalized spacial score (nSPS) is 20.2. The van der Waals surface area contributed by atoms with Crippen molar-refractivity contribution in [1.29, 1.82) is 0 Å². The van der Waals surface area contributed by atoms with Crippen LogP contribution in [0.3, 0.4) is 0 Å². The van der Waals surface area contributed by atoms with Gasteiger partial charge >= 0.3 is 0 Å². The lowest BCUT2D eigenvalue weighted by atomic mass is 10.3. The Balaban J connectivity index is 2.30. The van der Waals surface area contributed by atoms with Gasteiger partial charge in [-0.25, -0.2) is 4.98 Å². The second-order valence-electron chi connectivity index (χ2n) is 3.13. The van der Waals surface area contributed by atoms with Gasteiger partial charge in [0.15, 0.2) is 0 Å². The van der Waals surface area contributed by atoms with Gasteiger partial charge in [0.25, 0.3) is 0 Å². The first-order valence-corrected chi connectivity index (χ1v) is 4.50. The zero-order chi connectivity index (χ0) is 7.84. The molecule has 0 bridgehead atoms. The summed E-state index contributed by atoms with van der Waals surface area (Å²) < 4.78 is 2.14. The van der Waals surface area contributed by atoms with Crippen molar-refractivity contribution in [2.75, 3.05) is 0 Å². The van der Waals surface area contributed by atoms with E-state index in [2.05, 4.69) is 29.1 Å². The van der Waals surface area contributed by atoms with Crippen LogP contribution in [0.2, 0.25) is 0 Å². The third-order valence-corrected chi connectivity index (χ3v) is 2.34. The van der Waals surface area contributed by atoms with E-state index in [0.717, 1.165) is 5.92 Å². The van der Waals surface area contributed by atoms with Gasteiger partial charge in [0.05, 0.1) is 11.7 Å². The van der Waals surface area contributed by atoms with Crippen LogP contribution in [0, 0.1) is 0 Å². The average Bonchev–Trinajstić information content (AvgIpc) is 2.68. The summed E-state index contributed by atoms with van der Waals surface area (Å²) in [5, 5.41) is 0.258. The molecule has 1 aliphatic rings. The number of hydrogen-bond acceptors (Lipinski definition) is 2. The van der Waals surface area contributed by atoms with Gasteiger partial charge in [-0.3, -0.25) is 0 Å². The first kappa shape index (κ1) is 7.22. The van der Waals surface area contributed by atoms with Crippen molar-refractivity contribution in [2.45, 2.75) is 31.1 Å². The Bertz CT molecular complexity index is 234. The Kier molecular flexibility index (Phi) is 1.68. The Morgan fingerprint density at radius 1 is 1.73 bits per heavy atom. The molecule has 11 heavy (non-hydrogen) atoms. The van der Waals surface area contributed by atoms with E-state index in [0.29, 0.717) is 0 Å². The molecule has 60 valence electrons. The van der Waals surface area contributed by atoms with E-state index >= 15 is 0 Å². The van der Waals surface area contributed by atoms with Crippen molar-refractivity contribution >= 4 is 12.6 Å². The van der Waals surface area contributed by atoms with Crippen molar-refractivity contribution in [3.63, 3.8) is 0 Å². The smallest absolute Gasteiger partial charge is 0.0957 e. The SMILES string of the molecule is CC(S)n1cncc1C1CC1. The van der Waals surface area contributed by atoms with Crippen LogP contribution in [0.5, 0.6) is 0 Å². The van der Waals surface area contributed by atoms with E-state index in [1.807, 2.05) is 12.5 Å². The fourth-order valence-corrected chi connectivity index (χ4v) is 1.52. The first-order chi connectivity index (χ1) is 5.29. The molecule has 3 heteroatoms. The molecule has 1 aromatic heterocycles.